The Hall–Kier alpha value is -2.59. The number of imidazole rings is 1. The predicted molar refractivity (Wildman–Crippen MR) is 92.6 cm³/mol. The molecular formula is C17H18N6S. The minimum Gasteiger partial charge on any atom is -0.328 e. The van der Waals surface area contributed by atoms with Crippen LogP contribution in [-0.4, -0.2) is 19.5 Å². The maximum Gasteiger partial charge on any atom is 0.173 e. The summed E-state index contributed by atoms with van der Waals surface area (Å²) in [6.45, 7) is 4.81. The highest BCUT2D eigenvalue weighted by Gasteiger charge is 2.10. The maximum atomic E-state index is 8.68. The van der Waals surface area contributed by atoms with Gasteiger partial charge in [-0.1, -0.05) is 17.8 Å². The van der Waals surface area contributed by atoms with E-state index in [-0.39, 0.29) is 5.49 Å². The molecule has 122 valence electrons. The maximum absolute atomic E-state index is 8.68. The van der Waals surface area contributed by atoms with Gasteiger partial charge in [0, 0.05) is 17.9 Å². The first-order valence-electron chi connectivity index (χ1n) is 7.69. The average molecular weight is 338 g/mol. The van der Waals surface area contributed by atoms with E-state index < -0.39 is 0 Å². The molecule has 7 heteroatoms. The van der Waals surface area contributed by atoms with Crippen molar-refractivity contribution in [1.29, 1.82) is 10.7 Å². The molecule has 0 aliphatic rings. The van der Waals surface area contributed by atoms with Gasteiger partial charge in [-0.05, 0) is 43.5 Å². The number of aromatic amines is 1. The Morgan fingerprint density at radius 3 is 2.75 bits per heavy atom. The lowest BCUT2D eigenvalue weighted by atomic mass is 10.2. The summed E-state index contributed by atoms with van der Waals surface area (Å²) in [5.74, 6) is 0. The second kappa shape index (κ2) is 6.89. The highest BCUT2D eigenvalue weighted by Crippen LogP contribution is 2.28. The zero-order chi connectivity index (χ0) is 17.1. The molecule has 0 saturated heterocycles. The lowest BCUT2D eigenvalue weighted by Gasteiger charge is -2.04. The molecule has 24 heavy (non-hydrogen) atoms. The van der Waals surface area contributed by atoms with Gasteiger partial charge in [-0.2, -0.15) is 5.26 Å². The van der Waals surface area contributed by atoms with Gasteiger partial charge in [0.2, 0.25) is 0 Å². The second-order valence-corrected chi connectivity index (χ2v) is 6.78. The van der Waals surface area contributed by atoms with E-state index in [2.05, 4.69) is 53.1 Å². The molecule has 0 saturated carbocycles. The van der Waals surface area contributed by atoms with E-state index in [0.717, 1.165) is 16.5 Å². The highest BCUT2D eigenvalue weighted by molar-refractivity contribution is 7.99. The molecule has 1 aromatic carbocycles. The van der Waals surface area contributed by atoms with Crippen LogP contribution in [0.3, 0.4) is 0 Å². The Balaban J connectivity index is 1.95. The standard InChI is InChI=1S/C17H18N6S/c1-11-7-12(2)9-13(8-11)24-17-21-14-15(19)20-10-23(16(14)22-17)6-4-3-5-18/h7-10,19H,3-4,6H2,1-2H3,(H,21,22). The van der Waals surface area contributed by atoms with Crippen LogP contribution in [0, 0.1) is 30.6 Å². The molecule has 0 spiro atoms. The number of aryl methyl sites for hydroxylation is 3. The van der Waals surface area contributed by atoms with Crippen molar-refractivity contribution in [2.45, 2.75) is 43.3 Å². The first-order valence-corrected chi connectivity index (χ1v) is 8.51. The summed E-state index contributed by atoms with van der Waals surface area (Å²) in [6.07, 6.45) is 2.85. The average Bonchev–Trinajstić information content (AvgIpc) is 2.93. The third kappa shape index (κ3) is 3.49. The van der Waals surface area contributed by atoms with Crippen LogP contribution in [-0.2, 0) is 6.54 Å². The largest absolute Gasteiger partial charge is 0.328 e. The number of fused-ring (bicyclic) bond motifs is 1. The third-order valence-corrected chi connectivity index (χ3v) is 4.45. The number of nitrogens with zero attached hydrogens (tertiary/aromatic N) is 4. The van der Waals surface area contributed by atoms with Crippen molar-refractivity contribution in [3.63, 3.8) is 0 Å². The lowest BCUT2D eigenvalue weighted by Crippen LogP contribution is -2.12. The van der Waals surface area contributed by atoms with Gasteiger partial charge in [0.25, 0.3) is 0 Å². The Morgan fingerprint density at radius 1 is 1.29 bits per heavy atom. The number of nitrogens with one attached hydrogen (secondary N) is 2. The van der Waals surface area contributed by atoms with E-state index in [1.807, 2.05) is 4.57 Å². The molecule has 0 atom stereocenters. The Morgan fingerprint density at radius 2 is 2.04 bits per heavy atom. The zero-order valence-electron chi connectivity index (χ0n) is 13.6. The van der Waals surface area contributed by atoms with E-state index in [4.69, 9.17) is 10.7 Å². The van der Waals surface area contributed by atoms with Crippen LogP contribution < -0.4 is 5.49 Å². The van der Waals surface area contributed by atoms with Crippen LogP contribution in [0.2, 0.25) is 0 Å². The summed E-state index contributed by atoms with van der Waals surface area (Å²) in [7, 11) is 0. The molecule has 2 heterocycles. The van der Waals surface area contributed by atoms with Crippen LogP contribution in [0.4, 0.5) is 0 Å². The fourth-order valence-corrected chi connectivity index (χ4v) is 3.60. The minimum atomic E-state index is 0.182. The van der Waals surface area contributed by atoms with E-state index in [0.29, 0.717) is 24.1 Å². The topological polar surface area (TPSA) is 94.1 Å². The van der Waals surface area contributed by atoms with Crippen LogP contribution in [0.1, 0.15) is 24.0 Å². The number of rotatable bonds is 5. The number of unbranched alkanes of at least 4 members (excludes halogenated alkanes) is 1. The predicted octanol–water partition coefficient (Wildman–Crippen LogP) is 3.31. The van der Waals surface area contributed by atoms with Gasteiger partial charge < -0.3 is 9.55 Å². The summed E-state index contributed by atoms with van der Waals surface area (Å²) in [5, 5.41) is 17.4. The van der Waals surface area contributed by atoms with Gasteiger partial charge in [0.1, 0.15) is 5.52 Å². The highest BCUT2D eigenvalue weighted by atomic mass is 32.2. The fraction of sp³-hybridized carbons (Fsp3) is 0.294. The Bertz CT molecular complexity index is 959. The monoisotopic (exact) mass is 338 g/mol. The second-order valence-electron chi connectivity index (χ2n) is 5.71. The Kier molecular flexibility index (Phi) is 4.67. The normalized spacial score (nSPS) is 10.9. The van der Waals surface area contributed by atoms with Crippen molar-refractivity contribution in [2.24, 2.45) is 0 Å². The first-order chi connectivity index (χ1) is 11.6. The van der Waals surface area contributed by atoms with Gasteiger partial charge in [-0.25, -0.2) is 9.97 Å². The van der Waals surface area contributed by atoms with Gasteiger partial charge in [0.05, 0.1) is 12.4 Å². The molecule has 3 aromatic rings. The van der Waals surface area contributed by atoms with E-state index >= 15 is 0 Å². The molecule has 2 aromatic heterocycles. The Labute approximate surface area is 144 Å². The molecule has 0 aliphatic heterocycles. The van der Waals surface area contributed by atoms with Gasteiger partial charge >= 0.3 is 0 Å². The number of nitriles is 1. The molecule has 2 N–H and O–H groups in total. The number of hydrogen-bond donors (Lipinski definition) is 2. The molecule has 0 radical (unpaired) electrons. The van der Waals surface area contributed by atoms with Crippen molar-refractivity contribution in [1.82, 2.24) is 19.5 Å². The van der Waals surface area contributed by atoms with Crippen LogP contribution >= 0.6 is 11.8 Å². The van der Waals surface area contributed by atoms with Crippen molar-refractivity contribution >= 4 is 22.9 Å². The van der Waals surface area contributed by atoms with E-state index in [1.165, 1.54) is 11.1 Å². The van der Waals surface area contributed by atoms with Crippen LogP contribution in [0.5, 0.6) is 0 Å². The van der Waals surface area contributed by atoms with Gasteiger partial charge in [-0.3, -0.25) is 5.41 Å². The van der Waals surface area contributed by atoms with Crippen molar-refractivity contribution in [2.75, 3.05) is 0 Å². The first kappa shape index (κ1) is 16.3. The minimum absolute atomic E-state index is 0.182. The van der Waals surface area contributed by atoms with Crippen molar-refractivity contribution in [3.05, 3.63) is 41.1 Å². The SMILES string of the molecule is Cc1cc(C)cc(Sc2nc3c([nH]2)c(=N)ncn3CCCC#N)c1. The van der Waals surface area contributed by atoms with Gasteiger partial charge in [0.15, 0.2) is 16.3 Å². The number of aromatic nitrogens is 4. The number of benzene rings is 1. The van der Waals surface area contributed by atoms with Crippen LogP contribution in [0.25, 0.3) is 11.2 Å². The summed E-state index contributed by atoms with van der Waals surface area (Å²) in [4.78, 5) is 13.0. The van der Waals surface area contributed by atoms with Crippen molar-refractivity contribution < 1.29 is 0 Å². The lowest BCUT2D eigenvalue weighted by molar-refractivity contribution is 0.651. The molecule has 0 bridgehead atoms. The van der Waals surface area contributed by atoms with Crippen molar-refractivity contribution in [3.8, 4) is 6.07 Å². The molecule has 0 amide bonds. The summed E-state index contributed by atoms with van der Waals surface area (Å²) in [6, 6.07) is 8.51. The van der Waals surface area contributed by atoms with E-state index in [1.54, 1.807) is 18.1 Å². The number of hydrogen-bond acceptors (Lipinski definition) is 5. The third-order valence-electron chi connectivity index (χ3n) is 3.60. The molecular weight excluding hydrogens is 320 g/mol. The molecule has 0 unspecified atom stereocenters. The van der Waals surface area contributed by atoms with Crippen LogP contribution in [0.15, 0.2) is 34.6 Å². The number of H-pyrrole nitrogens is 1. The summed E-state index contributed by atoms with van der Waals surface area (Å²) < 4.78 is 1.90. The quantitative estimate of drug-likeness (QED) is 0.698. The molecule has 0 aliphatic carbocycles. The molecule has 6 nitrogen and oxygen atoms in total. The zero-order valence-corrected chi connectivity index (χ0v) is 14.4. The smallest absolute Gasteiger partial charge is 0.173 e. The van der Waals surface area contributed by atoms with Gasteiger partial charge in [-0.15, -0.1) is 0 Å². The van der Waals surface area contributed by atoms with E-state index in [9.17, 15) is 0 Å². The molecule has 3 rings (SSSR count). The fourth-order valence-electron chi connectivity index (χ4n) is 2.61. The summed E-state index contributed by atoms with van der Waals surface area (Å²) in [5.41, 5.74) is 3.94. The summed E-state index contributed by atoms with van der Waals surface area (Å²) >= 11 is 1.54. The molecule has 0 fully saturated rings.